The van der Waals surface area contributed by atoms with Crippen LogP contribution in [-0.2, 0) is 6.42 Å². The molecular formula is C13H10N4O. The number of fused-ring (bicyclic) bond motifs is 1. The molecule has 3 aromatic rings. The Kier molecular flexibility index (Phi) is 2.57. The van der Waals surface area contributed by atoms with Gasteiger partial charge in [-0.3, -0.25) is 14.2 Å². The summed E-state index contributed by atoms with van der Waals surface area (Å²) in [4.78, 5) is 16.3. The van der Waals surface area contributed by atoms with E-state index in [1.807, 2.05) is 18.2 Å². The summed E-state index contributed by atoms with van der Waals surface area (Å²) in [6, 6.07) is 9.17. The van der Waals surface area contributed by atoms with Gasteiger partial charge in [0.1, 0.15) is 6.33 Å². The smallest absolute Gasteiger partial charge is 0.182 e. The largest absolute Gasteiger partial charge is 0.294 e. The van der Waals surface area contributed by atoms with Crippen molar-refractivity contribution in [1.29, 1.82) is 0 Å². The molecule has 0 aliphatic heterocycles. The van der Waals surface area contributed by atoms with Crippen LogP contribution in [0.4, 0.5) is 0 Å². The van der Waals surface area contributed by atoms with Crippen LogP contribution in [-0.4, -0.2) is 25.4 Å². The third-order valence-electron chi connectivity index (χ3n) is 2.71. The molecule has 0 spiro atoms. The highest BCUT2D eigenvalue weighted by Crippen LogP contribution is 2.09. The van der Waals surface area contributed by atoms with Crippen LogP contribution >= 0.6 is 0 Å². The van der Waals surface area contributed by atoms with Gasteiger partial charge in [-0.15, -0.1) is 10.2 Å². The minimum absolute atomic E-state index is 0.0270. The van der Waals surface area contributed by atoms with Crippen molar-refractivity contribution in [1.82, 2.24) is 19.6 Å². The van der Waals surface area contributed by atoms with Crippen molar-refractivity contribution in [3.05, 3.63) is 60.3 Å². The van der Waals surface area contributed by atoms with Crippen LogP contribution in [0.1, 0.15) is 16.1 Å². The average molecular weight is 238 g/mol. The second-order valence-electron chi connectivity index (χ2n) is 3.90. The van der Waals surface area contributed by atoms with E-state index in [0.717, 1.165) is 0 Å². The second kappa shape index (κ2) is 4.37. The zero-order valence-electron chi connectivity index (χ0n) is 9.52. The Bertz CT molecular complexity index is 690. The summed E-state index contributed by atoms with van der Waals surface area (Å²) in [7, 11) is 0. The summed E-state index contributed by atoms with van der Waals surface area (Å²) >= 11 is 0. The molecule has 0 aliphatic rings. The van der Waals surface area contributed by atoms with Gasteiger partial charge in [0, 0.05) is 18.0 Å². The summed E-state index contributed by atoms with van der Waals surface area (Å²) in [5, 5.41) is 7.77. The number of ketones is 1. The molecule has 0 fully saturated rings. The Hall–Kier alpha value is -2.56. The van der Waals surface area contributed by atoms with Crippen LogP contribution < -0.4 is 0 Å². The van der Waals surface area contributed by atoms with Crippen molar-refractivity contribution in [2.24, 2.45) is 0 Å². The topological polar surface area (TPSA) is 60.2 Å². The molecule has 2 heterocycles. The van der Waals surface area contributed by atoms with Gasteiger partial charge in [-0.1, -0.05) is 30.3 Å². The maximum Gasteiger partial charge on any atom is 0.182 e. The highest BCUT2D eigenvalue weighted by Gasteiger charge is 2.11. The van der Waals surface area contributed by atoms with Gasteiger partial charge in [0.25, 0.3) is 0 Å². The molecule has 1 aromatic carbocycles. The fraction of sp³-hybridized carbons (Fsp3) is 0.0769. The van der Waals surface area contributed by atoms with E-state index in [1.165, 1.54) is 0 Å². The van der Waals surface area contributed by atoms with Crippen LogP contribution in [0, 0.1) is 0 Å². The van der Waals surface area contributed by atoms with Gasteiger partial charge >= 0.3 is 0 Å². The van der Waals surface area contributed by atoms with Gasteiger partial charge in [0.15, 0.2) is 11.4 Å². The first kappa shape index (κ1) is 10.6. The highest BCUT2D eigenvalue weighted by atomic mass is 16.1. The monoisotopic (exact) mass is 238 g/mol. The number of hydrogen-bond acceptors (Lipinski definition) is 4. The van der Waals surface area contributed by atoms with Crippen molar-refractivity contribution in [3.63, 3.8) is 0 Å². The molecule has 0 saturated carbocycles. The van der Waals surface area contributed by atoms with E-state index in [4.69, 9.17) is 0 Å². The minimum atomic E-state index is 0.0270. The normalized spacial score (nSPS) is 10.7. The van der Waals surface area contributed by atoms with Gasteiger partial charge in [-0.05, 0) is 0 Å². The average Bonchev–Trinajstić information content (AvgIpc) is 2.89. The predicted molar refractivity (Wildman–Crippen MR) is 65.3 cm³/mol. The molecule has 0 bridgehead atoms. The van der Waals surface area contributed by atoms with Crippen LogP contribution in [0.15, 0.2) is 49.1 Å². The number of benzene rings is 1. The highest BCUT2D eigenvalue weighted by molar-refractivity contribution is 5.97. The first-order valence-corrected chi connectivity index (χ1v) is 5.56. The molecule has 0 aliphatic carbocycles. The quantitative estimate of drug-likeness (QED) is 0.649. The lowest BCUT2D eigenvalue weighted by molar-refractivity contribution is 0.0992. The van der Waals surface area contributed by atoms with Crippen molar-refractivity contribution >= 4 is 11.4 Å². The standard InChI is InChI=1S/C13H10N4O/c18-12(10-4-2-1-3-5-10)8-11-13-16-15-9-17(13)7-6-14-11/h1-7,9H,8H2. The van der Waals surface area contributed by atoms with E-state index in [1.54, 1.807) is 35.3 Å². The maximum absolute atomic E-state index is 12.1. The van der Waals surface area contributed by atoms with Gasteiger partial charge in [0.2, 0.25) is 0 Å². The first-order chi connectivity index (χ1) is 8.84. The molecule has 5 nitrogen and oxygen atoms in total. The van der Waals surface area contributed by atoms with E-state index >= 15 is 0 Å². The zero-order valence-corrected chi connectivity index (χ0v) is 9.52. The molecule has 5 heteroatoms. The summed E-state index contributed by atoms with van der Waals surface area (Å²) in [5.41, 5.74) is 1.95. The number of nitrogens with zero attached hydrogens (tertiary/aromatic N) is 4. The Morgan fingerprint density at radius 1 is 1.22 bits per heavy atom. The molecule has 0 amide bonds. The fourth-order valence-electron chi connectivity index (χ4n) is 1.81. The van der Waals surface area contributed by atoms with Crippen molar-refractivity contribution in [2.75, 3.05) is 0 Å². The van der Waals surface area contributed by atoms with Crippen molar-refractivity contribution < 1.29 is 4.79 Å². The van der Waals surface area contributed by atoms with Crippen LogP contribution in [0.5, 0.6) is 0 Å². The minimum Gasteiger partial charge on any atom is -0.294 e. The van der Waals surface area contributed by atoms with E-state index in [-0.39, 0.29) is 12.2 Å². The summed E-state index contributed by atoms with van der Waals surface area (Å²) in [5.74, 6) is 0.0270. The number of rotatable bonds is 3. The van der Waals surface area contributed by atoms with Gasteiger partial charge in [0.05, 0.1) is 12.1 Å². The maximum atomic E-state index is 12.1. The number of carbonyl (C=O) groups is 1. The van der Waals surface area contributed by atoms with E-state index in [2.05, 4.69) is 15.2 Å². The Morgan fingerprint density at radius 2 is 2.06 bits per heavy atom. The van der Waals surface area contributed by atoms with Crippen LogP contribution in [0.3, 0.4) is 0 Å². The molecule has 0 atom stereocenters. The molecule has 0 saturated heterocycles. The lowest BCUT2D eigenvalue weighted by Gasteiger charge is -2.01. The lowest BCUT2D eigenvalue weighted by Crippen LogP contribution is -2.06. The van der Waals surface area contributed by atoms with Crippen molar-refractivity contribution in [2.45, 2.75) is 6.42 Å². The van der Waals surface area contributed by atoms with Gasteiger partial charge in [-0.25, -0.2) is 0 Å². The Balaban J connectivity index is 1.93. The molecule has 0 unspecified atom stereocenters. The molecule has 2 aromatic heterocycles. The number of Topliss-reactive ketones (excluding diaryl/α,β-unsaturated/α-hetero) is 1. The Morgan fingerprint density at radius 3 is 2.89 bits per heavy atom. The third kappa shape index (κ3) is 1.86. The predicted octanol–water partition coefficient (Wildman–Crippen LogP) is 1.55. The zero-order chi connectivity index (χ0) is 12.4. The van der Waals surface area contributed by atoms with E-state index in [9.17, 15) is 4.79 Å². The van der Waals surface area contributed by atoms with Gasteiger partial charge in [-0.2, -0.15) is 0 Å². The second-order valence-corrected chi connectivity index (χ2v) is 3.90. The SMILES string of the molecule is O=C(Cc1nccn2cnnc12)c1ccccc1. The summed E-state index contributed by atoms with van der Waals surface area (Å²) in [6.07, 6.45) is 5.22. The van der Waals surface area contributed by atoms with Crippen LogP contribution in [0.25, 0.3) is 5.65 Å². The first-order valence-electron chi connectivity index (χ1n) is 5.56. The number of carbonyl (C=O) groups excluding carboxylic acids is 1. The molecule has 3 rings (SSSR count). The lowest BCUT2D eigenvalue weighted by atomic mass is 10.1. The van der Waals surface area contributed by atoms with E-state index < -0.39 is 0 Å². The van der Waals surface area contributed by atoms with Gasteiger partial charge < -0.3 is 0 Å². The molecule has 18 heavy (non-hydrogen) atoms. The van der Waals surface area contributed by atoms with E-state index in [0.29, 0.717) is 16.9 Å². The molecule has 88 valence electrons. The fourth-order valence-corrected chi connectivity index (χ4v) is 1.81. The van der Waals surface area contributed by atoms with Crippen LogP contribution in [0.2, 0.25) is 0 Å². The number of aromatic nitrogens is 4. The third-order valence-corrected chi connectivity index (χ3v) is 2.71. The molecule has 0 N–H and O–H groups in total. The molecular weight excluding hydrogens is 228 g/mol. The van der Waals surface area contributed by atoms with Crippen molar-refractivity contribution in [3.8, 4) is 0 Å². The Labute approximate surface area is 103 Å². The number of hydrogen-bond donors (Lipinski definition) is 0. The molecule has 0 radical (unpaired) electrons. The summed E-state index contributed by atoms with van der Waals surface area (Å²) in [6.45, 7) is 0. The summed E-state index contributed by atoms with van der Waals surface area (Å²) < 4.78 is 1.75.